The van der Waals surface area contributed by atoms with Crippen LogP contribution < -0.4 is 5.43 Å². The molecule has 0 amide bonds. The maximum atomic E-state index is 12.7. The first-order chi connectivity index (χ1) is 14.3. The number of fused-ring (bicyclic) bond motifs is 3. The zero-order valence-corrected chi connectivity index (χ0v) is 17.4. The van der Waals surface area contributed by atoms with Gasteiger partial charge in [-0.25, -0.2) is 4.79 Å². The molecule has 0 bridgehead atoms. The Kier molecular flexibility index (Phi) is 4.04. The van der Waals surface area contributed by atoms with Gasteiger partial charge in [0.15, 0.2) is 5.43 Å². The third-order valence-corrected chi connectivity index (χ3v) is 6.24. The van der Waals surface area contributed by atoms with E-state index in [1.807, 2.05) is 27.4 Å². The molecule has 1 aromatic carbocycles. The van der Waals surface area contributed by atoms with Crippen LogP contribution in [0, 0.1) is 5.41 Å². The summed E-state index contributed by atoms with van der Waals surface area (Å²) in [5, 5.41) is 14.6. The van der Waals surface area contributed by atoms with Crippen molar-refractivity contribution in [2.24, 2.45) is 5.41 Å². The zero-order chi connectivity index (χ0) is 21.2. The van der Waals surface area contributed by atoms with Gasteiger partial charge in [0.2, 0.25) is 0 Å². The van der Waals surface area contributed by atoms with Gasteiger partial charge in [0.25, 0.3) is 0 Å². The van der Waals surface area contributed by atoms with Crippen molar-refractivity contribution in [2.75, 3.05) is 0 Å². The summed E-state index contributed by atoms with van der Waals surface area (Å²) in [7, 11) is 0. The fourth-order valence-electron chi connectivity index (χ4n) is 4.51. The molecule has 1 atom stereocenters. The fourth-order valence-corrected chi connectivity index (χ4v) is 4.51. The summed E-state index contributed by atoms with van der Waals surface area (Å²) in [6.45, 7) is 7.04. The van der Waals surface area contributed by atoms with E-state index in [0.29, 0.717) is 12.5 Å². The van der Waals surface area contributed by atoms with Crippen molar-refractivity contribution in [3.8, 4) is 22.5 Å². The predicted molar refractivity (Wildman–Crippen MR) is 115 cm³/mol. The molecule has 5 rings (SSSR count). The molecule has 6 nitrogen and oxygen atoms in total. The number of carboxylic acid groups (broad SMARTS) is 1. The average molecular weight is 403 g/mol. The maximum Gasteiger partial charge on any atom is 0.341 e. The molecule has 0 radical (unpaired) electrons. The third-order valence-electron chi connectivity index (χ3n) is 6.24. The number of carboxylic acids is 1. The van der Waals surface area contributed by atoms with E-state index in [1.165, 1.54) is 12.3 Å². The van der Waals surface area contributed by atoms with E-state index in [1.54, 1.807) is 0 Å². The molecule has 6 heteroatoms. The lowest BCUT2D eigenvalue weighted by Gasteiger charge is -2.38. The van der Waals surface area contributed by atoms with Crippen molar-refractivity contribution in [1.29, 1.82) is 0 Å². The predicted octanol–water partition coefficient (Wildman–Crippen LogP) is 4.56. The van der Waals surface area contributed by atoms with Crippen LogP contribution in [0.4, 0.5) is 0 Å². The summed E-state index contributed by atoms with van der Waals surface area (Å²) in [6, 6.07) is 11.6. The first-order valence-electron chi connectivity index (χ1n) is 10.4. The van der Waals surface area contributed by atoms with Crippen molar-refractivity contribution in [3.05, 3.63) is 64.1 Å². The molecule has 2 aliphatic rings. The van der Waals surface area contributed by atoms with Crippen LogP contribution in [0.2, 0.25) is 0 Å². The van der Waals surface area contributed by atoms with Gasteiger partial charge < -0.3 is 9.67 Å². The quantitative estimate of drug-likeness (QED) is 0.696. The Balaban J connectivity index is 1.84. The Morgan fingerprint density at radius 2 is 1.87 bits per heavy atom. The van der Waals surface area contributed by atoms with E-state index in [2.05, 4.69) is 32.9 Å². The molecule has 2 aromatic heterocycles. The van der Waals surface area contributed by atoms with Crippen LogP contribution in [0.25, 0.3) is 22.5 Å². The lowest BCUT2D eigenvalue weighted by Crippen LogP contribution is -2.35. The molecule has 1 saturated carbocycles. The highest BCUT2D eigenvalue weighted by atomic mass is 16.4. The van der Waals surface area contributed by atoms with Gasteiger partial charge in [-0.1, -0.05) is 51.1 Å². The normalized spacial score (nSPS) is 18.0. The Bertz CT molecular complexity index is 1210. The van der Waals surface area contributed by atoms with Gasteiger partial charge in [-0.3, -0.25) is 9.48 Å². The first-order valence-corrected chi connectivity index (χ1v) is 10.4. The number of aromatic carboxylic acids is 1. The molecule has 0 unspecified atom stereocenters. The Morgan fingerprint density at radius 3 is 2.47 bits per heavy atom. The van der Waals surface area contributed by atoms with Crippen molar-refractivity contribution in [1.82, 2.24) is 14.3 Å². The van der Waals surface area contributed by atoms with E-state index in [9.17, 15) is 14.7 Å². The van der Waals surface area contributed by atoms with Crippen molar-refractivity contribution in [3.63, 3.8) is 0 Å². The average Bonchev–Trinajstić information content (AvgIpc) is 3.46. The van der Waals surface area contributed by atoms with Gasteiger partial charge in [-0.15, -0.1) is 0 Å². The second-order valence-corrected chi connectivity index (χ2v) is 9.46. The first kappa shape index (κ1) is 18.9. The number of hydrogen-bond acceptors (Lipinski definition) is 3. The molecule has 3 heterocycles. The minimum Gasteiger partial charge on any atom is -0.477 e. The number of carbonyl (C=O) groups is 1. The van der Waals surface area contributed by atoms with Crippen LogP contribution in [0.3, 0.4) is 0 Å². The van der Waals surface area contributed by atoms with Crippen LogP contribution >= 0.6 is 0 Å². The van der Waals surface area contributed by atoms with E-state index in [4.69, 9.17) is 5.10 Å². The molecule has 154 valence electrons. The molecule has 0 saturated heterocycles. The SMILES string of the molecule is CC(C)(C)[C@@H]1Cn2nc(C3CC3)c(-c3ccccc3)c2-c2cc(=O)c(C(=O)O)cn21. The molecule has 1 fully saturated rings. The van der Waals surface area contributed by atoms with E-state index >= 15 is 0 Å². The summed E-state index contributed by atoms with van der Waals surface area (Å²) in [6.07, 6.45) is 3.78. The van der Waals surface area contributed by atoms with Gasteiger partial charge in [0.1, 0.15) is 5.56 Å². The highest BCUT2D eigenvalue weighted by Gasteiger charge is 2.39. The van der Waals surface area contributed by atoms with E-state index in [0.717, 1.165) is 41.1 Å². The lowest BCUT2D eigenvalue weighted by molar-refractivity contribution is 0.0693. The van der Waals surface area contributed by atoms with Crippen LogP contribution in [0.1, 0.15) is 61.6 Å². The molecule has 30 heavy (non-hydrogen) atoms. The zero-order valence-electron chi connectivity index (χ0n) is 17.4. The second-order valence-electron chi connectivity index (χ2n) is 9.46. The minimum absolute atomic E-state index is 0.0192. The van der Waals surface area contributed by atoms with Gasteiger partial charge in [0, 0.05) is 23.7 Å². The Labute approximate surface area is 174 Å². The summed E-state index contributed by atoms with van der Waals surface area (Å²) in [5.74, 6) is -0.742. The molecule has 1 N–H and O–H groups in total. The highest BCUT2D eigenvalue weighted by Crippen LogP contribution is 2.49. The lowest BCUT2D eigenvalue weighted by atomic mass is 9.84. The molecular weight excluding hydrogens is 378 g/mol. The largest absolute Gasteiger partial charge is 0.477 e. The molecule has 1 aliphatic carbocycles. The number of benzene rings is 1. The number of hydrogen-bond donors (Lipinski definition) is 1. The van der Waals surface area contributed by atoms with Crippen LogP contribution in [-0.2, 0) is 6.54 Å². The third kappa shape index (κ3) is 2.90. The van der Waals surface area contributed by atoms with Crippen molar-refractivity contribution in [2.45, 2.75) is 52.1 Å². The molecule has 0 spiro atoms. The topological polar surface area (TPSA) is 77.1 Å². The highest BCUT2D eigenvalue weighted by molar-refractivity contribution is 5.88. The number of pyridine rings is 1. The van der Waals surface area contributed by atoms with Crippen LogP contribution in [-0.4, -0.2) is 25.4 Å². The summed E-state index contributed by atoms with van der Waals surface area (Å²) in [5.41, 5.74) is 4.10. The summed E-state index contributed by atoms with van der Waals surface area (Å²) >= 11 is 0. The number of nitrogens with zero attached hydrogens (tertiary/aromatic N) is 3. The molecular formula is C24H25N3O3. The van der Waals surface area contributed by atoms with Crippen LogP contribution in [0.5, 0.6) is 0 Å². The minimum atomic E-state index is -1.19. The van der Waals surface area contributed by atoms with Gasteiger partial charge in [-0.05, 0) is 23.8 Å². The monoisotopic (exact) mass is 403 g/mol. The second kappa shape index (κ2) is 6.42. The summed E-state index contributed by atoms with van der Waals surface area (Å²) in [4.78, 5) is 24.3. The van der Waals surface area contributed by atoms with Gasteiger partial charge >= 0.3 is 5.97 Å². The summed E-state index contributed by atoms with van der Waals surface area (Å²) < 4.78 is 4.03. The molecule has 3 aromatic rings. The Morgan fingerprint density at radius 1 is 1.17 bits per heavy atom. The molecule has 1 aliphatic heterocycles. The van der Waals surface area contributed by atoms with Gasteiger partial charge in [-0.2, -0.15) is 5.10 Å². The standard InChI is InChI=1S/C24H25N3O3/c1-24(2,3)19-13-27-22(17-11-18(28)16(23(29)30)12-26(17)19)20(14-7-5-4-6-8-14)21(25-27)15-9-10-15/h4-8,11-12,15,19H,9-10,13H2,1-3H3,(H,29,30)/t19-/m0/s1. The van der Waals surface area contributed by atoms with Gasteiger partial charge in [0.05, 0.1) is 29.7 Å². The van der Waals surface area contributed by atoms with Crippen LogP contribution in [0.15, 0.2) is 47.4 Å². The fraction of sp³-hybridized carbons (Fsp3) is 0.375. The maximum absolute atomic E-state index is 12.7. The number of rotatable bonds is 3. The smallest absolute Gasteiger partial charge is 0.341 e. The Hall–Kier alpha value is -3.15. The number of aromatic nitrogens is 3. The van der Waals surface area contributed by atoms with Crippen molar-refractivity contribution < 1.29 is 9.90 Å². The van der Waals surface area contributed by atoms with E-state index in [-0.39, 0.29) is 17.0 Å². The van der Waals surface area contributed by atoms with Crippen molar-refractivity contribution >= 4 is 5.97 Å². The van der Waals surface area contributed by atoms with E-state index < -0.39 is 11.4 Å².